The van der Waals surface area contributed by atoms with Gasteiger partial charge in [-0.25, -0.2) is 14.4 Å². The molecule has 0 aliphatic carbocycles. The maximum absolute atomic E-state index is 11.0. The predicted octanol–water partition coefficient (Wildman–Crippen LogP) is 3.03. The first-order valence-electron chi connectivity index (χ1n) is 10.6. The highest BCUT2D eigenvalue weighted by Crippen LogP contribution is 2.11. The molecule has 192 valence electrons. The number of nitrogens with two attached hydrogens (primary N) is 3. The van der Waals surface area contributed by atoms with E-state index < -0.39 is 29.1 Å². The summed E-state index contributed by atoms with van der Waals surface area (Å²) < 4.78 is 18.8. The highest BCUT2D eigenvalue weighted by Gasteiger charge is 2.24. The van der Waals surface area contributed by atoms with Crippen molar-refractivity contribution in [3.05, 3.63) is 0 Å². The van der Waals surface area contributed by atoms with Crippen LogP contribution in [0.15, 0.2) is 0 Å². The molecule has 0 rings (SSSR count). The summed E-state index contributed by atoms with van der Waals surface area (Å²) in [7, 11) is 0. The fraction of sp³-hybridized carbons (Fsp3) is 0.857. The molecule has 0 radical (unpaired) electrons. The Morgan fingerprint density at radius 3 is 1.22 bits per heavy atom. The van der Waals surface area contributed by atoms with E-state index in [2.05, 4.69) is 10.1 Å². The van der Waals surface area contributed by atoms with E-state index in [0.29, 0.717) is 13.1 Å². The third kappa shape index (κ3) is 35.3. The van der Waals surface area contributed by atoms with Gasteiger partial charge in [0.05, 0.1) is 0 Å². The van der Waals surface area contributed by atoms with Crippen molar-refractivity contribution < 1.29 is 33.3 Å². The zero-order chi connectivity index (χ0) is 26.0. The molecule has 32 heavy (non-hydrogen) atoms. The Kier molecular flexibility index (Phi) is 18.8. The minimum absolute atomic E-state index is 0.379. The van der Waals surface area contributed by atoms with Crippen LogP contribution in [0, 0.1) is 0 Å². The Bertz CT molecular complexity index is 494. The van der Waals surface area contributed by atoms with Crippen LogP contribution in [0.5, 0.6) is 0 Å². The van der Waals surface area contributed by atoms with Crippen molar-refractivity contribution in [3.63, 3.8) is 0 Å². The fourth-order valence-electron chi connectivity index (χ4n) is 1.33. The number of carbonyl (C=O) groups excluding carboxylic acids is 3. The van der Waals surface area contributed by atoms with Gasteiger partial charge in [0.1, 0.15) is 16.8 Å². The smallest absolute Gasteiger partial charge is 0.444 e. The SMILES string of the molecule is CC(C)(C)OC(=O)NCCCN.CC(C)(C)OC(=O)OC(=O)OC(C)(C)C.NCCCN. The molecule has 11 heteroatoms. The molecule has 11 nitrogen and oxygen atoms in total. The molecule has 1 amide bonds. The summed E-state index contributed by atoms with van der Waals surface area (Å²) in [5.74, 6) is 0. The second-order valence-electron chi connectivity index (χ2n) is 9.53. The van der Waals surface area contributed by atoms with Crippen LogP contribution in [0.2, 0.25) is 0 Å². The van der Waals surface area contributed by atoms with Crippen molar-refractivity contribution in [1.82, 2.24) is 5.32 Å². The van der Waals surface area contributed by atoms with Gasteiger partial charge in [0.2, 0.25) is 0 Å². The van der Waals surface area contributed by atoms with Gasteiger partial charge in [-0.1, -0.05) is 0 Å². The van der Waals surface area contributed by atoms with Crippen LogP contribution in [0.4, 0.5) is 14.4 Å². The van der Waals surface area contributed by atoms with Gasteiger partial charge in [-0.15, -0.1) is 0 Å². The molecule has 0 aromatic heterocycles. The average molecular weight is 467 g/mol. The summed E-state index contributed by atoms with van der Waals surface area (Å²) in [5, 5.41) is 2.60. The lowest BCUT2D eigenvalue weighted by atomic mass is 10.2. The lowest BCUT2D eigenvalue weighted by molar-refractivity contribution is -0.0294. The second kappa shape index (κ2) is 17.4. The van der Waals surface area contributed by atoms with Crippen LogP contribution < -0.4 is 22.5 Å². The molecule has 0 aromatic carbocycles. The van der Waals surface area contributed by atoms with Gasteiger partial charge in [0.15, 0.2) is 0 Å². The summed E-state index contributed by atoms with van der Waals surface area (Å²) in [6, 6.07) is 0. The van der Waals surface area contributed by atoms with Gasteiger partial charge in [-0.2, -0.15) is 0 Å². The minimum Gasteiger partial charge on any atom is -0.444 e. The Morgan fingerprint density at radius 1 is 0.625 bits per heavy atom. The van der Waals surface area contributed by atoms with Gasteiger partial charge in [-0.05, 0) is 94.8 Å². The monoisotopic (exact) mass is 466 g/mol. The molecular formula is C21H46N4O7. The highest BCUT2D eigenvalue weighted by atomic mass is 16.8. The first-order valence-corrected chi connectivity index (χ1v) is 10.6. The molecule has 0 heterocycles. The number of nitrogens with one attached hydrogen (secondary N) is 1. The first-order chi connectivity index (χ1) is 14.4. The molecule has 0 atom stereocenters. The van der Waals surface area contributed by atoms with Gasteiger partial charge in [-0.3, -0.25) is 0 Å². The van der Waals surface area contributed by atoms with E-state index >= 15 is 0 Å². The normalized spacial score (nSPS) is 11.0. The molecule has 0 fully saturated rings. The Hall–Kier alpha value is -2.11. The van der Waals surface area contributed by atoms with Crippen molar-refractivity contribution in [3.8, 4) is 0 Å². The maximum atomic E-state index is 11.0. The van der Waals surface area contributed by atoms with E-state index in [4.69, 9.17) is 31.4 Å². The highest BCUT2D eigenvalue weighted by molar-refractivity contribution is 5.77. The van der Waals surface area contributed by atoms with Crippen molar-refractivity contribution in [1.29, 1.82) is 0 Å². The van der Waals surface area contributed by atoms with Crippen LogP contribution in [0.3, 0.4) is 0 Å². The first kappa shape index (κ1) is 34.5. The van der Waals surface area contributed by atoms with Crippen molar-refractivity contribution in [2.45, 2.75) is 92.0 Å². The standard InChI is InChI=1S/C10H18O5.C8H18N2O2.C3H10N2/c1-9(2,3)14-7(11)13-8(12)15-10(4,5)6;1-8(2,3)12-7(11)10-6-4-5-9;4-2-1-3-5/h1-6H3;4-6,9H2,1-3H3,(H,10,11);1-5H2. The molecule has 0 aromatic rings. The zero-order valence-electron chi connectivity index (χ0n) is 21.3. The topological polar surface area (TPSA) is 178 Å². The van der Waals surface area contributed by atoms with Crippen LogP contribution >= 0.6 is 0 Å². The maximum Gasteiger partial charge on any atom is 0.519 e. The molecule has 7 N–H and O–H groups in total. The van der Waals surface area contributed by atoms with Crippen molar-refractivity contribution in [2.24, 2.45) is 17.2 Å². The fourth-order valence-corrected chi connectivity index (χ4v) is 1.33. The number of rotatable bonds is 5. The lowest BCUT2D eigenvalue weighted by Gasteiger charge is -2.20. The van der Waals surface area contributed by atoms with Crippen LogP contribution in [0.1, 0.15) is 75.2 Å². The van der Waals surface area contributed by atoms with Gasteiger partial charge < -0.3 is 41.5 Å². The van der Waals surface area contributed by atoms with E-state index in [9.17, 15) is 14.4 Å². The Labute approximate surface area is 193 Å². The molecule has 0 spiro atoms. The lowest BCUT2D eigenvalue weighted by Crippen LogP contribution is -2.33. The third-order valence-corrected chi connectivity index (χ3v) is 2.40. The van der Waals surface area contributed by atoms with E-state index in [1.807, 2.05) is 20.8 Å². The van der Waals surface area contributed by atoms with Crippen LogP contribution in [-0.2, 0) is 18.9 Å². The number of ether oxygens (including phenoxy) is 4. The quantitative estimate of drug-likeness (QED) is 0.204. The second-order valence-corrected chi connectivity index (χ2v) is 9.53. The van der Waals surface area contributed by atoms with Crippen LogP contribution in [-0.4, -0.2) is 61.4 Å². The van der Waals surface area contributed by atoms with Crippen molar-refractivity contribution >= 4 is 18.4 Å². The molecule has 0 bridgehead atoms. The van der Waals surface area contributed by atoms with Gasteiger partial charge in [0.25, 0.3) is 0 Å². The minimum atomic E-state index is -1.06. The average Bonchev–Trinajstić information content (AvgIpc) is 2.51. The molecule has 0 aliphatic heterocycles. The molecule has 0 saturated heterocycles. The summed E-state index contributed by atoms with van der Waals surface area (Å²) in [6.07, 6.45) is -0.774. The summed E-state index contributed by atoms with van der Waals surface area (Å²) in [6.45, 7) is 18.1. The van der Waals surface area contributed by atoms with E-state index in [1.165, 1.54) is 0 Å². The third-order valence-electron chi connectivity index (χ3n) is 2.40. The van der Waals surface area contributed by atoms with Gasteiger partial charge >= 0.3 is 18.4 Å². The zero-order valence-corrected chi connectivity index (χ0v) is 21.3. The van der Waals surface area contributed by atoms with Crippen LogP contribution in [0.25, 0.3) is 0 Å². The molecular weight excluding hydrogens is 420 g/mol. The van der Waals surface area contributed by atoms with Gasteiger partial charge in [0, 0.05) is 6.54 Å². The molecule has 0 aliphatic rings. The predicted molar refractivity (Wildman–Crippen MR) is 124 cm³/mol. The summed E-state index contributed by atoms with van der Waals surface area (Å²) in [5.41, 5.74) is 13.6. The van der Waals surface area contributed by atoms with Crippen molar-refractivity contribution in [2.75, 3.05) is 26.2 Å². The summed E-state index contributed by atoms with van der Waals surface area (Å²) in [4.78, 5) is 33.0. The van der Waals surface area contributed by atoms with E-state index in [-0.39, 0.29) is 6.09 Å². The summed E-state index contributed by atoms with van der Waals surface area (Å²) >= 11 is 0. The van der Waals surface area contributed by atoms with E-state index in [1.54, 1.807) is 41.5 Å². The molecule has 0 saturated carbocycles. The Balaban J connectivity index is -0.000000441. The molecule has 0 unspecified atom stereocenters. The number of hydrogen-bond donors (Lipinski definition) is 4. The number of carbonyl (C=O) groups is 3. The number of amides is 1. The number of hydrogen-bond acceptors (Lipinski definition) is 10. The number of alkyl carbamates (subject to hydrolysis) is 1. The Morgan fingerprint density at radius 2 is 0.969 bits per heavy atom. The van der Waals surface area contributed by atoms with E-state index in [0.717, 1.165) is 25.9 Å². The largest absolute Gasteiger partial charge is 0.519 e.